The molecule has 2 rings (SSSR count). The van der Waals surface area contributed by atoms with Crippen molar-refractivity contribution < 1.29 is 0 Å². The fourth-order valence-electron chi connectivity index (χ4n) is 2.14. The van der Waals surface area contributed by atoms with Crippen LogP contribution in [-0.4, -0.2) is 27.0 Å². The summed E-state index contributed by atoms with van der Waals surface area (Å²) >= 11 is 2.05. The molecule has 0 aromatic carbocycles. The minimum atomic E-state index is 0.549. The summed E-state index contributed by atoms with van der Waals surface area (Å²) in [5.74, 6) is 1.97. The fraction of sp³-hybridized carbons (Fsp3) is 0.667. The van der Waals surface area contributed by atoms with E-state index >= 15 is 0 Å². The van der Waals surface area contributed by atoms with Crippen LogP contribution in [0.4, 0.5) is 5.95 Å². The number of aryl methyl sites for hydroxylation is 1. The minimum absolute atomic E-state index is 0.549. The normalized spacial score (nSPS) is 24.6. The zero-order chi connectivity index (χ0) is 11.4. The van der Waals surface area contributed by atoms with E-state index in [0.29, 0.717) is 6.04 Å². The lowest BCUT2D eigenvalue weighted by molar-refractivity contribution is 0.755. The molecule has 1 N–H and O–H groups in total. The van der Waals surface area contributed by atoms with Crippen molar-refractivity contribution in [1.82, 2.24) is 9.97 Å². The van der Waals surface area contributed by atoms with E-state index in [9.17, 15) is 0 Å². The second-order valence-electron chi connectivity index (χ2n) is 4.26. The number of anilines is 1. The summed E-state index contributed by atoms with van der Waals surface area (Å²) in [6, 6.07) is 0.549. The predicted molar refractivity (Wildman–Crippen MR) is 70.0 cm³/mol. The Morgan fingerprint density at radius 1 is 1.38 bits per heavy atom. The molecule has 0 radical (unpaired) electrons. The van der Waals surface area contributed by atoms with E-state index in [4.69, 9.17) is 0 Å². The van der Waals surface area contributed by atoms with Gasteiger partial charge in [-0.25, -0.2) is 9.97 Å². The maximum atomic E-state index is 4.30. The number of rotatable bonds is 4. The van der Waals surface area contributed by atoms with Gasteiger partial charge in [-0.3, -0.25) is 0 Å². The summed E-state index contributed by atoms with van der Waals surface area (Å²) in [6.45, 7) is 4.23. The molecule has 16 heavy (non-hydrogen) atoms. The highest BCUT2D eigenvalue weighted by Gasteiger charge is 2.27. The minimum Gasteiger partial charge on any atom is -0.350 e. The number of nitrogens with one attached hydrogen (secondary N) is 1. The molecule has 3 nitrogen and oxygen atoms in total. The highest BCUT2D eigenvalue weighted by Crippen LogP contribution is 2.31. The van der Waals surface area contributed by atoms with Gasteiger partial charge < -0.3 is 5.32 Å². The Morgan fingerprint density at radius 3 is 2.81 bits per heavy atom. The Labute approximate surface area is 101 Å². The number of hydrogen-bond donors (Lipinski definition) is 1. The Bertz CT molecular complexity index is 326. The summed E-state index contributed by atoms with van der Waals surface area (Å²) in [5.41, 5.74) is 1.11. The second kappa shape index (κ2) is 5.53. The molecule has 0 aliphatic heterocycles. The summed E-state index contributed by atoms with van der Waals surface area (Å²) in [5, 5.41) is 4.19. The molecule has 0 amide bonds. The SMILES string of the molecule is CCSC1CCCC1Nc1ncc(C)cn1. The quantitative estimate of drug-likeness (QED) is 0.874. The van der Waals surface area contributed by atoms with Crippen molar-refractivity contribution in [2.24, 2.45) is 0 Å². The monoisotopic (exact) mass is 237 g/mol. The van der Waals surface area contributed by atoms with Gasteiger partial charge in [-0.15, -0.1) is 0 Å². The third-order valence-corrected chi connectivity index (χ3v) is 4.25. The zero-order valence-electron chi connectivity index (χ0n) is 9.94. The molecular formula is C12H19N3S. The van der Waals surface area contributed by atoms with Crippen LogP contribution in [0.15, 0.2) is 12.4 Å². The first-order valence-corrected chi connectivity index (χ1v) is 7.01. The Morgan fingerprint density at radius 2 is 2.12 bits per heavy atom. The van der Waals surface area contributed by atoms with Crippen LogP contribution in [-0.2, 0) is 0 Å². The van der Waals surface area contributed by atoms with Gasteiger partial charge in [0.25, 0.3) is 0 Å². The fourth-order valence-corrected chi connectivity index (χ4v) is 3.34. The lowest BCUT2D eigenvalue weighted by Gasteiger charge is -2.19. The molecule has 1 heterocycles. The van der Waals surface area contributed by atoms with Gasteiger partial charge in [0.1, 0.15) is 0 Å². The van der Waals surface area contributed by atoms with Crippen molar-refractivity contribution in [2.45, 2.75) is 44.4 Å². The van der Waals surface area contributed by atoms with E-state index < -0.39 is 0 Å². The molecule has 1 saturated carbocycles. The Kier molecular flexibility index (Phi) is 4.04. The first-order valence-electron chi connectivity index (χ1n) is 5.96. The number of hydrogen-bond acceptors (Lipinski definition) is 4. The third kappa shape index (κ3) is 2.88. The van der Waals surface area contributed by atoms with Gasteiger partial charge in [0.15, 0.2) is 0 Å². The largest absolute Gasteiger partial charge is 0.350 e. The number of nitrogens with zero attached hydrogens (tertiary/aromatic N) is 2. The summed E-state index contributed by atoms with van der Waals surface area (Å²) < 4.78 is 0. The molecule has 2 unspecified atom stereocenters. The summed E-state index contributed by atoms with van der Waals surface area (Å²) in [6.07, 6.45) is 7.62. The smallest absolute Gasteiger partial charge is 0.222 e. The topological polar surface area (TPSA) is 37.8 Å². The molecule has 0 saturated heterocycles. The number of thioether (sulfide) groups is 1. The molecular weight excluding hydrogens is 218 g/mol. The number of aromatic nitrogens is 2. The van der Waals surface area contributed by atoms with Gasteiger partial charge in [-0.05, 0) is 31.1 Å². The summed E-state index contributed by atoms with van der Waals surface area (Å²) in [4.78, 5) is 8.61. The highest BCUT2D eigenvalue weighted by molar-refractivity contribution is 7.99. The van der Waals surface area contributed by atoms with Crippen LogP contribution in [0.25, 0.3) is 0 Å². The molecule has 4 heteroatoms. The van der Waals surface area contributed by atoms with E-state index in [-0.39, 0.29) is 0 Å². The van der Waals surface area contributed by atoms with Crippen LogP contribution < -0.4 is 5.32 Å². The standard InChI is InChI=1S/C12H19N3S/c1-3-16-11-6-4-5-10(11)15-12-13-7-9(2)8-14-12/h7-8,10-11H,3-6H2,1-2H3,(H,13,14,15). The maximum Gasteiger partial charge on any atom is 0.222 e. The highest BCUT2D eigenvalue weighted by atomic mass is 32.2. The van der Waals surface area contributed by atoms with Crippen LogP contribution in [0.1, 0.15) is 31.7 Å². The second-order valence-corrected chi connectivity index (χ2v) is 5.78. The van der Waals surface area contributed by atoms with Gasteiger partial charge in [0.2, 0.25) is 5.95 Å². The van der Waals surface area contributed by atoms with Crippen LogP contribution in [0.2, 0.25) is 0 Å². The zero-order valence-corrected chi connectivity index (χ0v) is 10.8. The average Bonchev–Trinajstić information content (AvgIpc) is 2.70. The summed E-state index contributed by atoms with van der Waals surface area (Å²) in [7, 11) is 0. The molecule has 1 aliphatic rings. The molecule has 0 bridgehead atoms. The Balaban J connectivity index is 1.95. The van der Waals surface area contributed by atoms with Gasteiger partial charge in [-0.1, -0.05) is 13.3 Å². The molecule has 88 valence electrons. The molecule has 0 spiro atoms. The van der Waals surface area contributed by atoms with Gasteiger partial charge in [-0.2, -0.15) is 11.8 Å². The van der Waals surface area contributed by atoms with Crippen molar-refractivity contribution in [3.63, 3.8) is 0 Å². The van der Waals surface area contributed by atoms with Crippen LogP contribution in [0.3, 0.4) is 0 Å². The van der Waals surface area contributed by atoms with E-state index in [1.54, 1.807) is 0 Å². The predicted octanol–water partition coefficient (Wildman–Crippen LogP) is 2.87. The van der Waals surface area contributed by atoms with Crippen LogP contribution in [0, 0.1) is 6.92 Å². The van der Waals surface area contributed by atoms with E-state index in [1.165, 1.54) is 25.0 Å². The van der Waals surface area contributed by atoms with Crippen molar-refractivity contribution in [3.05, 3.63) is 18.0 Å². The van der Waals surface area contributed by atoms with E-state index in [0.717, 1.165) is 16.8 Å². The van der Waals surface area contributed by atoms with Crippen molar-refractivity contribution >= 4 is 17.7 Å². The van der Waals surface area contributed by atoms with E-state index in [1.807, 2.05) is 19.3 Å². The van der Waals surface area contributed by atoms with Gasteiger partial charge in [0.05, 0.1) is 0 Å². The first kappa shape index (κ1) is 11.7. The van der Waals surface area contributed by atoms with E-state index in [2.05, 4.69) is 34.0 Å². The molecule has 1 aromatic rings. The molecule has 1 aromatic heterocycles. The van der Waals surface area contributed by atoms with Gasteiger partial charge >= 0.3 is 0 Å². The lowest BCUT2D eigenvalue weighted by atomic mass is 10.2. The Hall–Kier alpha value is -0.770. The lowest BCUT2D eigenvalue weighted by Crippen LogP contribution is -2.27. The van der Waals surface area contributed by atoms with Gasteiger partial charge in [0, 0.05) is 23.7 Å². The van der Waals surface area contributed by atoms with Crippen molar-refractivity contribution in [1.29, 1.82) is 0 Å². The third-order valence-electron chi connectivity index (χ3n) is 2.93. The molecule has 1 aliphatic carbocycles. The maximum absolute atomic E-state index is 4.30. The molecule has 1 fully saturated rings. The molecule has 2 atom stereocenters. The first-order chi connectivity index (χ1) is 7.79. The van der Waals surface area contributed by atoms with Crippen molar-refractivity contribution in [2.75, 3.05) is 11.1 Å². The van der Waals surface area contributed by atoms with Crippen LogP contribution in [0.5, 0.6) is 0 Å². The van der Waals surface area contributed by atoms with Crippen molar-refractivity contribution in [3.8, 4) is 0 Å². The average molecular weight is 237 g/mol. The van der Waals surface area contributed by atoms with Crippen LogP contribution >= 0.6 is 11.8 Å².